The van der Waals surface area contributed by atoms with Crippen molar-refractivity contribution in [3.05, 3.63) is 60.3 Å². The Morgan fingerprint density at radius 1 is 1.11 bits per heavy atom. The van der Waals surface area contributed by atoms with E-state index in [1.54, 1.807) is 18.5 Å². The normalized spacial score (nSPS) is 19.4. The molecule has 198 valence electrons. The van der Waals surface area contributed by atoms with Gasteiger partial charge in [-0.25, -0.2) is 23.7 Å². The van der Waals surface area contributed by atoms with Gasteiger partial charge in [0, 0.05) is 43.8 Å². The van der Waals surface area contributed by atoms with Crippen molar-refractivity contribution in [1.29, 1.82) is 0 Å². The van der Waals surface area contributed by atoms with Crippen molar-refractivity contribution in [3.8, 4) is 11.5 Å². The largest absolute Gasteiger partial charge is 0.417 e. The van der Waals surface area contributed by atoms with E-state index in [9.17, 15) is 26.7 Å². The number of nitrogens with one attached hydrogen (secondary N) is 1. The van der Waals surface area contributed by atoms with Gasteiger partial charge in [0.15, 0.2) is 5.82 Å². The van der Waals surface area contributed by atoms with Gasteiger partial charge in [-0.1, -0.05) is 0 Å². The molecule has 1 saturated heterocycles. The van der Waals surface area contributed by atoms with Crippen LogP contribution in [0.15, 0.2) is 49.2 Å². The molecule has 1 atom stereocenters. The van der Waals surface area contributed by atoms with Gasteiger partial charge in [0.05, 0.1) is 24.0 Å². The Morgan fingerprint density at radius 3 is 2.61 bits per heavy atom. The minimum atomic E-state index is -4.53. The number of amides is 1. The third kappa shape index (κ3) is 4.03. The summed E-state index contributed by atoms with van der Waals surface area (Å²) in [7, 11) is 0. The molecule has 1 N–H and O–H groups in total. The summed E-state index contributed by atoms with van der Waals surface area (Å²) in [5.74, 6) is 0.0859. The van der Waals surface area contributed by atoms with E-state index in [2.05, 4.69) is 25.1 Å². The van der Waals surface area contributed by atoms with Crippen LogP contribution in [0.4, 0.5) is 27.8 Å². The van der Waals surface area contributed by atoms with Crippen LogP contribution in [0.5, 0.6) is 0 Å². The molecule has 0 bridgehead atoms. The lowest BCUT2D eigenvalue weighted by Crippen LogP contribution is -2.53. The van der Waals surface area contributed by atoms with E-state index in [4.69, 9.17) is 0 Å². The van der Waals surface area contributed by atoms with Crippen LogP contribution in [0.2, 0.25) is 0 Å². The number of hydrogen-bond donors (Lipinski definition) is 1. The maximum Gasteiger partial charge on any atom is 0.417 e. The van der Waals surface area contributed by atoms with Crippen LogP contribution >= 0.6 is 0 Å². The van der Waals surface area contributed by atoms with Crippen LogP contribution in [0.3, 0.4) is 0 Å². The second-order valence-corrected chi connectivity index (χ2v) is 9.47. The lowest BCUT2D eigenvalue weighted by Gasteiger charge is -2.43. The third-order valence-electron chi connectivity index (χ3n) is 7.20. The standard InChI is InChI=1S/C24H21F5N8O/c25-21(26)23(4-5-23)22(38)36-8-7-35(13-17(36)14-9-32-33-10-14)19-3-6-30-20(34-19)16-11-31-18-2-1-15(12-37(16)18)24(27,28)29/h1-3,6,9-12,17,21H,4-5,7-8,13H2,(H,32,33). The summed E-state index contributed by atoms with van der Waals surface area (Å²) in [6.07, 6.45) is 0.0793. The summed E-state index contributed by atoms with van der Waals surface area (Å²) >= 11 is 0. The SMILES string of the molecule is O=C(N1CCN(c2ccnc(-c3cnc4ccc(C(F)(F)F)cn34)n2)CC1c1cn[nH]c1)C1(C(F)F)CC1. The second-order valence-electron chi connectivity index (χ2n) is 9.47. The highest BCUT2D eigenvalue weighted by Gasteiger charge is 2.60. The lowest BCUT2D eigenvalue weighted by molar-refractivity contribution is -0.146. The number of fused-ring (bicyclic) bond motifs is 1. The van der Waals surface area contributed by atoms with Crippen molar-refractivity contribution in [2.75, 3.05) is 24.5 Å². The second kappa shape index (κ2) is 8.74. The molecular formula is C24H21F5N8O. The number of anilines is 1. The molecule has 2 fully saturated rings. The molecule has 6 rings (SSSR count). The van der Waals surface area contributed by atoms with Crippen molar-refractivity contribution in [2.24, 2.45) is 5.41 Å². The minimum Gasteiger partial charge on any atom is -0.352 e. The zero-order valence-electron chi connectivity index (χ0n) is 19.7. The van der Waals surface area contributed by atoms with Crippen molar-refractivity contribution in [1.82, 2.24) is 34.4 Å². The molecule has 5 heterocycles. The van der Waals surface area contributed by atoms with Crippen LogP contribution < -0.4 is 4.90 Å². The quantitative estimate of drug-likeness (QED) is 0.391. The fraction of sp³-hybridized carbons (Fsp3) is 0.375. The molecular weight excluding hydrogens is 511 g/mol. The molecule has 0 aromatic carbocycles. The van der Waals surface area contributed by atoms with Gasteiger partial charge in [-0.05, 0) is 31.0 Å². The summed E-state index contributed by atoms with van der Waals surface area (Å²) in [5, 5.41) is 6.67. The fourth-order valence-corrected chi connectivity index (χ4v) is 4.87. The van der Waals surface area contributed by atoms with Crippen molar-refractivity contribution < 1.29 is 26.7 Å². The minimum absolute atomic E-state index is 0.159. The molecule has 38 heavy (non-hydrogen) atoms. The molecule has 2 aliphatic rings. The molecule has 0 spiro atoms. The first kappa shape index (κ1) is 24.2. The maximum absolute atomic E-state index is 13.7. The monoisotopic (exact) mass is 532 g/mol. The average molecular weight is 532 g/mol. The number of carbonyl (C=O) groups is 1. The van der Waals surface area contributed by atoms with Crippen molar-refractivity contribution in [2.45, 2.75) is 31.5 Å². The van der Waals surface area contributed by atoms with E-state index < -0.39 is 35.5 Å². The first-order valence-electron chi connectivity index (χ1n) is 11.9. The number of piperazine rings is 1. The molecule has 4 aromatic rings. The highest BCUT2D eigenvalue weighted by Crippen LogP contribution is 2.53. The van der Waals surface area contributed by atoms with Gasteiger partial charge in [0.25, 0.3) is 6.43 Å². The topological polar surface area (TPSA) is 95.3 Å². The van der Waals surface area contributed by atoms with Crippen molar-refractivity contribution in [3.63, 3.8) is 0 Å². The Morgan fingerprint density at radius 2 is 1.92 bits per heavy atom. The Labute approximate surface area is 212 Å². The number of pyridine rings is 1. The van der Waals surface area contributed by atoms with Gasteiger partial charge in [0.2, 0.25) is 5.91 Å². The molecule has 1 aliphatic heterocycles. The Balaban J connectivity index is 1.31. The van der Waals surface area contributed by atoms with Crippen LogP contribution in [0, 0.1) is 5.41 Å². The Kier molecular flexibility index (Phi) is 5.58. The van der Waals surface area contributed by atoms with Gasteiger partial charge < -0.3 is 9.80 Å². The van der Waals surface area contributed by atoms with E-state index in [1.165, 1.54) is 27.8 Å². The van der Waals surface area contributed by atoms with Gasteiger partial charge in [-0.15, -0.1) is 0 Å². The highest BCUT2D eigenvalue weighted by molar-refractivity contribution is 5.86. The molecule has 4 aromatic heterocycles. The van der Waals surface area contributed by atoms with Crippen LogP contribution in [0.1, 0.15) is 30.0 Å². The van der Waals surface area contributed by atoms with Crippen LogP contribution in [-0.4, -0.2) is 66.4 Å². The van der Waals surface area contributed by atoms with Crippen molar-refractivity contribution >= 4 is 17.4 Å². The predicted octanol–water partition coefficient (Wildman–Crippen LogP) is 3.97. The number of nitrogens with zero attached hydrogens (tertiary/aromatic N) is 7. The first-order valence-corrected chi connectivity index (χ1v) is 11.9. The summed E-state index contributed by atoms with van der Waals surface area (Å²) < 4.78 is 68.5. The van der Waals surface area contributed by atoms with Crippen LogP contribution in [0.25, 0.3) is 17.2 Å². The van der Waals surface area contributed by atoms with E-state index in [0.717, 1.165) is 12.3 Å². The number of aromatic nitrogens is 6. The molecule has 1 aliphatic carbocycles. The molecule has 1 saturated carbocycles. The van der Waals surface area contributed by atoms with Gasteiger partial charge in [-0.3, -0.25) is 14.3 Å². The molecule has 0 radical (unpaired) electrons. The zero-order chi connectivity index (χ0) is 26.7. The first-order chi connectivity index (χ1) is 18.2. The zero-order valence-corrected chi connectivity index (χ0v) is 19.7. The fourth-order valence-electron chi connectivity index (χ4n) is 4.87. The Bertz CT molecular complexity index is 1480. The maximum atomic E-state index is 13.7. The van der Waals surface area contributed by atoms with Gasteiger partial charge in [0.1, 0.15) is 22.6 Å². The number of hydrogen-bond acceptors (Lipinski definition) is 6. The van der Waals surface area contributed by atoms with E-state index in [0.29, 0.717) is 23.6 Å². The number of carbonyl (C=O) groups excluding carboxylic acids is 1. The predicted molar refractivity (Wildman–Crippen MR) is 124 cm³/mol. The average Bonchev–Trinajstić information content (AvgIpc) is 3.34. The smallest absolute Gasteiger partial charge is 0.352 e. The molecule has 9 nitrogen and oxygen atoms in total. The van der Waals surface area contributed by atoms with Gasteiger partial charge >= 0.3 is 6.18 Å². The summed E-state index contributed by atoms with van der Waals surface area (Å²) in [4.78, 5) is 29.6. The lowest BCUT2D eigenvalue weighted by atomic mass is 10.00. The number of H-pyrrole nitrogens is 1. The highest BCUT2D eigenvalue weighted by atomic mass is 19.4. The van der Waals surface area contributed by atoms with E-state index >= 15 is 0 Å². The summed E-state index contributed by atoms with van der Waals surface area (Å²) in [6, 6.07) is 3.34. The number of halogens is 5. The number of alkyl halides is 5. The molecule has 1 amide bonds. The Hall–Kier alpha value is -4.10. The summed E-state index contributed by atoms with van der Waals surface area (Å²) in [6.45, 7) is 0.765. The number of rotatable bonds is 5. The van der Waals surface area contributed by atoms with Crippen LogP contribution in [-0.2, 0) is 11.0 Å². The van der Waals surface area contributed by atoms with E-state index in [1.807, 2.05) is 4.90 Å². The number of aromatic amines is 1. The van der Waals surface area contributed by atoms with E-state index in [-0.39, 0.29) is 37.4 Å². The molecule has 1 unspecified atom stereocenters. The number of imidazole rings is 1. The molecule has 14 heteroatoms. The van der Waals surface area contributed by atoms with Gasteiger partial charge in [-0.2, -0.15) is 18.3 Å². The third-order valence-corrected chi connectivity index (χ3v) is 7.20. The summed E-state index contributed by atoms with van der Waals surface area (Å²) in [5.41, 5.74) is -1.20.